The molecule has 0 aliphatic heterocycles. The summed E-state index contributed by atoms with van der Waals surface area (Å²) in [5, 5.41) is -4.36. The van der Waals surface area contributed by atoms with Crippen LogP contribution in [0.2, 0.25) is 0 Å². The highest BCUT2D eigenvalue weighted by molar-refractivity contribution is 7.92. The van der Waals surface area contributed by atoms with E-state index >= 15 is 8.78 Å². The molecule has 9 heteroatoms. The van der Waals surface area contributed by atoms with Crippen molar-refractivity contribution in [2.45, 2.75) is 60.8 Å². The van der Waals surface area contributed by atoms with E-state index in [-0.39, 0.29) is 13.1 Å². The van der Waals surface area contributed by atoms with Crippen molar-refractivity contribution in [3.05, 3.63) is 138 Å². The molecule has 0 saturated carbocycles. The van der Waals surface area contributed by atoms with Crippen LogP contribution in [0.4, 0.5) is 8.78 Å². The number of halogens is 2. The van der Waals surface area contributed by atoms with Gasteiger partial charge in [0.1, 0.15) is 6.04 Å². The maximum atomic E-state index is 16.9. The van der Waals surface area contributed by atoms with E-state index in [9.17, 15) is 12.6 Å². The van der Waals surface area contributed by atoms with Gasteiger partial charge in [-0.2, -0.15) is 8.78 Å². The molecule has 0 heterocycles. The number of hydrogen-bond acceptors (Lipinski definition) is 4. The second-order valence-electron chi connectivity index (χ2n) is 11.1. The van der Waals surface area contributed by atoms with E-state index in [1.165, 1.54) is 12.1 Å². The molecule has 0 spiro atoms. The van der Waals surface area contributed by atoms with Crippen LogP contribution >= 0.6 is 0 Å². The lowest BCUT2D eigenvalue weighted by atomic mass is 9.96. The summed E-state index contributed by atoms with van der Waals surface area (Å²) in [5.74, 6) is 0. The van der Waals surface area contributed by atoms with Crippen molar-refractivity contribution in [3.8, 4) is 0 Å². The molecule has 0 amide bonds. The number of hydrogen-bond donors (Lipinski definition) is 1. The number of nitrogens with zero attached hydrogens (tertiary/aromatic N) is 1. The molecule has 5 nitrogen and oxygen atoms in total. The number of sulfone groups is 1. The molecule has 1 N–H and O–H groups in total. The summed E-state index contributed by atoms with van der Waals surface area (Å²) in [6.45, 7) is 5.43. The van der Waals surface area contributed by atoms with Crippen LogP contribution in [0.15, 0.2) is 126 Å². The molecule has 0 bridgehead atoms. The van der Waals surface area contributed by atoms with Gasteiger partial charge in [-0.05, 0) is 49.6 Å². The summed E-state index contributed by atoms with van der Waals surface area (Å²) < 4.78 is 76.3. The third-order valence-electron chi connectivity index (χ3n) is 6.87. The van der Waals surface area contributed by atoms with E-state index in [0.29, 0.717) is 5.56 Å². The zero-order chi connectivity index (χ0) is 30.4. The van der Waals surface area contributed by atoms with Gasteiger partial charge in [-0.15, -0.1) is 0 Å². The second-order valence-corrected chi connectivity index (χ2v) is 15.1. The molecule has 0 aliphatic carbocycles. The quantitative estimate of drug-likeness (QED) is 0.189. The topological polar surface area (TPSA) is 66.5 Å². The van der Waals surface area contributed by atoms with E-state index in [0.717, 1.165) is 23.3 Å². The standard InChI is InChI=1S/C33H36F2N2O3S2/c1-32(2,3)41(38)36-31(33(34,35)42(39,40)29-22-14-7-15-23-29)30(28-20-12-6-13-21-28)37(24-26-16-8-4-9-17-26)25-27-18-10-5-11-19-27/h4-23,30-31,36H,24-25H2,1-3H3/t30-,31-,41+/m0/s1. The molecule has 0 saturated heterocycles. The number of nitrogens with one attached hydrogen (secondary N) is 1. The van der Waals surface area contributed by atoms with Gasteiger partial charge in [-0.25, -0.2) is 17.3 Å². The number of rotatable bonds is 12. The Labute approximate surface area is 250 Å². The van der Waals surface area contributed by atoms with Crippen molar-refractivity contribution in [3.63, 3.8) is 0 Å². The van der Waals surface area contributed by atoms with Crippen molar-refractivity contribution in [2.24, 2.45) is 0 Å². The van der Waals surface area contributed by atoms with E-state index in [4.69, 9.17) is 0 Å². The first-order chi connectivity index (χ1) is 19.9. The minimum absolute atomic E-state index is 0.233. The fraction of sp³-hybridized carbons (Fsp3) is 0.273. The first kappa shape index (κ1) is 31.7. The highest BCUT2D eigenvalue weighted by atomic mass is 32.2. The first-order valence-electron chi connectivity index (χ1n) is 13.6. The van der Waals surface area contributed by atoms with Gasteiger partial charge in [0, 0.05) is 13.1 Å². The van der Waals surface area contributed by atoms with Crippen LogP contribution in [0.3, 0.4) is 0 Å². The van der Waals surface area contributed by atoms with Gasteiger partial charge in [0.05, 0.1) is 26.7 Å². The number of alkyl halides is 2. The molecule has 0 unspecified atom stereocenters. The van der Waals surface area contributed by atoms with Gasteiger partial charge in [0.2, 0.25) is 9.84 Å². The average molecular weight is 611 g/mol. The van der Waals surface area contributed by atoms with Gasteiger partial charge < -0.3 is 0 Å². The van der Waals surface area contributed by atoms with Crippen LogP contribution in [0.25, 0.3) is 0 Å². The van der Waals surface area contributed by atoms with Crippen LogP contribution < -0.4 is 4.72 Å². The highest BCUT2D eigenvalue weighted by Crippen LogP contribution is 2.41. The maximum Gasteiger partial charge on any atom is 0.367 e. The van der Waals surface area contributed by atoms with E-state index in [1.54, 1.807) is 57.2 Å². The Kier molecular flexibility index (Phi) is 10.1. The molecule has 0 fully saturated rings. The molecule has 0 aromatic heterocycles. The molecule has 0 radical (unpaired) electrons. The molecular weight excluding hydrogens is 575 g/mol. The Hall–Kier alpha value is -3.24. The largest absolute Gasteiger partial charge is 0.367 e. The zero-order valence-electron chi connectivity index (χ0n) is 23.9. The summed E-state index contributed by atoms with van der Waals surface area (Å²) in [6.07, 6.45) is 0. The van der Waals surface area contributed by atoms with Crippen LogP contribution in [-0.4, -0.2) is 33.6 Å². The fourth-order valence-corrected chi connectivity index (χ4v) is 6.97. The molecule has 222 valence electrons. The Morgan fingerprint density at radius 1 is 0.714 bits per heavy atom. The van der Waals surface area contributed by atoms with Crippen molar-refractivity contribution in [1.82, 2.24) is 9.62 Å². The second kappa shape index (κ2) is 13.4. The van der Waals surface area contributed by atoms with E-state index < -0.39 is 47.8 Å². The SMILES string of the molecule is CC(C)(C)[S@@](=O)N[C@@H]([C@H](c1ccccc1)N(Cc1ccccc1)Cc1ccccc1)C(F)(F)S(=O)(=O)c1ccccc1. The molecule has 4 rings (SSSR count). The smallest absolute Gasteiger partial charge is 0.286 e. The van der Waals surface area contributed by atoms with Crippen molar-refractivity contribution < 1.29 is 21.4 Å². The van der Waals surface area contributed by atoms with Crippen LogP contribution in [-0.2, 0) is 33.9 Å². The lowest BCUT2D eigenvalue weighted by Crippen LogP contribution is -2.58. The van der Waals surface area contributed by atoms with E-state index in [2.05, 4.69) is 4.72 Å². The molecule has 4 aromatic rings. The summed E-state index contributed by atoms with van der Waals surface area (Å²) in [4.78, 5) is 1.32. The minimum Gasteiger partial charge on any atom is -0.286 e. The van der Waals surface area contributed by atoms with Crippen molar-refractivity contribution in [1.29, 1.82) is 0 Å². The Morgan fingerprint density at radius 2 is 1.12 bits per heavy atom. The third kappa shape index (κ3) is 7.39. The molecular formula is C33H36F2N2O3S2. The van der Waals surface area contributed by atoms with Gasteiger partial charge in [-0.1, -0.05) is 109 Å². The van der Waals surface area contributed by atoms with Crippen LogP contribution in [0.5, 0.6) is 0 Å². The average Bonchev–Trinajstić information content (AvgIpc) is 2.98. The van der Waals surface area contributed by atoms with Crippen LogP contribution in [0.1, 0.15) is 43.5 Å². The third-order valence-corrected chi connectivity index (χ3v) is 10.3. The highest BCUT2D eigenvalue weighted by Gasteiger charge is 2.58. The zero-order valence-corrected chi connectivity index (χ0v) is 25.5. The minimum atomic E-state index is -5.22. The number of benzene rings is 4. The van der Waals surface area contributed by atoms with Crippen LogP contribution in [0, 0.1) is 0 Å². The lowest BCUT2D eigenvalue weighted by molar-refractivity contribution is 0.00567. The fourth-order valence-electron chi connectivity index (χ4n) is 4.69. The van der Waals surface area contributed by atoms with Gasteiger partial charge in [-0.3, -0.25) is 4.90 Å². The predicted octanol–water partition coefficient (Wildman–Crippen LogP) is 6.92. The van der Waals surface area contributed by atoms with E-state index in [1.807, 2.05) is 65.6 Å². The summed E-state index contributed by atoms with van der Waals surface area (Å²) in [6, 6.07) is 30.8. The Balaban J connectivity index is 1.94. The summed E-state index contributed by atoms with van der Waals surface area (Å²) in [7, 11) is -7.25. The Morgan fingerprint density at radius 3 is 1.55 bits per heavy atom. The molecule has 0 aliphatic rings. The monoisotopic (exact) mass is 610 g/mol. The summed E-state index contributed by atoms with van der Waals surface area (Å²) >= 11 is 0. The molecule has 42 heavy (non-hydrogen) atoms. The van der Waals surface area contributed by atoms with Gasteiger partial charge in [0.25, 0.3) is 0 Å². The normalized spacial score (nSPS) is 14.8. The molecule has 3 atom stereocenters. The maximum absolute atomic E-state index is 16.9. The van der Waals surface area contributed by atoms with Crippen molar-refractivity contribution in [2.75, 3.05) is 0 Å². The van der Waals surface area contributed by atoms with Gasteiger partial charge >= 0.3 is 5.25 Å². The predicted molar refractivity (Wildman–Crippen MR) is 165 cm³/mol. The lowest BCUT2D eigenvalue weighted by Gasteiger charge is -2.41. The summed E-state index contributed by atoms with van der Waals surface area (Å²) in [5.41, 5.74) is 2.19. The Bertz CT molecular complexity index is 1510. The van der Waals surface area contributed by atoms with Crippen molar-refractivity contribution >= 4 is 20.8 Å². The van der Waals surface area contributed by atoms with Gasteiger partial charge in [0.15, 0.2) is 0 Å². The first-order valence-corrected chi connectivity index (χ1v) is 16.3. The molecule has 4 aromatic carbocycles.